The first-order valence-electron chi connectivity index (χ1n) is 9.13. The highest BCUT2D eigenvalue weighted by atomic mass is 127. The van der Waals surface area contributed by atoms with Crippen LogP contribution < -0.4 is 10.6 Å². The number of aromatic nitrogens is 2. The van der Waals surface area contributed by atoms with Crippen LogP contribution in [0.1, 0.15) is 51.2 Å². The maximum absolute atomic E-state index is 11.9. The van der Waals surface area contributed by atoms with Gasteiger partial charge in [-0.2, -0.15) is 4.98 Å². The van der Waals surface area contributed by atoms with Gasteiger partial charge in [0.25, 0.3) is 0 Å². The SMILES string of the molecule is CCS(=O)(=O)N1CCC(NC(=NC)NCCc2nc(C(C)C)no2)CC1.I. The van der Waals surface area contributed by atoms with Crippen molar-refractivity contribution in [2.75, 3.05) is 32.4 Å². The molecule has 11 heteroatoms. The van der Waals surface area contributed by atoms with E-state index in [2.05, 4.69) is 25.8 Å². The molecule has 1 aromatic heterocycles. The van der Waals surface area contributed by atoms with Crippen molar-refractivity contribution < 1.29 is 12.9 Å². The molecule has 156 valence electrons. The van der Waals surface area contributed by atoms with E-state index in [9.17, 15) is 8.42 Å². The van der Waals surface area contributed by atoms with Crippen molar-refractivity contribution in [2.45, 2.75) is 52.0 Å². The first kappa shape index (κ1) is 24.1. The normalized spacial score (nSPS) is 17.0. The van der Waals surface area contributed by atoms with Crippen LogP contribution in [0.4, 0.5) is 0 Å². The van der Waals surface area contributed by atoms with Crippen LogP contribution in [-0.2, 0) is 16.4 Å². The molecule has 0 aliphatic carbocycles. The molecule has 2 rings (SSSR count). The molecule has 0 aromatic carbocycles. The molecule has 0 bridgehead atoms. The highest BCUT2D eigenvalue weighted by molar-refractivity contribution is 14.0. The zero-order valence-electron chi connectivity index (χ0n) is 16.4. The van der Waals surface area contributed by atoms with Gasteiger partial charge in [-0.1, -0.05) is 19.0 Å². The molecule has 27 heavy (non-hydrogen) atoms. The van der Waals surface area contributed by atoms with Crippen molar-refractivity contribution in [3.8, 4) is 0 Å². The second kappa shape index (κ2) is 11.1. The largest absolute Gasteiger partial charge is 0.356 e. The number of hydrogen-bond acceptors (Lipinski definition) is 6. The molecular weight excluding hydrogens is 483 g/mol. The number of nitrogens with one attached hydrogen (secondary N) is 2. The van der Waals surface area contributed by atoms with Gasteiger partial charge in [0, 0.05) is 45.1 Å². The fourth-order valence-corrected chi connectivity index (χ4v) is 3.87. The Kier molecular flexibility index (Phi) is 9.95. The van der Waals surface area contributed by atoms with Crippen molar-refractivity contribution in [3.63, 3.8) is 0 Å². The molecule has 0 atom stereocenters. The van der Waals surface area contributed by atoms with Crippen molar-refractivity contribution in [2.24, 2.45) is 4.99 Å². The first-order valence-corrected chi connectivity index (χ1v) is 10.7. The average Bonchev–Trinajstić information content (AvgIpc) is 3.10. The summed E-state index contributed by atoms with van der Waals surface area (Å²) in [6.45, 7) is 7.45. The lowest BCUT2D eigenvalue weighted by molar-refractivity contribution is 0.306. The van der Waals surface area contributed by atoms with Gasteiger partial charge in [0.15, 0.2) is 11.8 Å². The van der Waals surface area contributed by atoms with Gasteiger partial charge in [-0.15, -0.1) is 24.0 Å². The second-order valence-corrected chi connectivity index (χ2v) is 8.93. The third kappa shape index (κ3) is 7.18. The van der Waals surface area contributed by atoms with Crippen LogP contribution in [0.2, 0.25) is 0 Å². The van der Waals surface area contributed by atoms with Crippen LogP contribution in [0.3, 0.4) is 0 Å². The van der Waals surface area contributed by atoms with Gasteiger partial charge in [-0.25, -0.2) is 12.7 Å². The van der Waals surface area contributed by atoms with E-state index in [4.69, 9.17) is 4.52 Å². The smallest absolute Gasteiger partial charge is 0.228 e. The predicted octanol–water partition coefficient (Wildman–Crippen LogP) is 1.33. The minimum Gasteiger partial charge on any atom is -0.356 e. The summed E-state index contributed by atoms with van der Waals surface area (Å²) < 4.78 is 30.6. The number of aliphatic imine (C=N–C) groups is 1. The molecule has 1 saturated heterocycles. The average molecular weight is 514 g/mol. The maximum atomic E-state index is 11.9. The number of halogens is 1. The molecule has 1 aliphatic heterocycles. The topological polar surface area (TPSA) is 113 Å². The third-order valence-electron chi connectivity index (χ3n) is 4.41. The maximum Gasteiger partial charge on any atom is 0.228 e. The van der Waals surface area contributed by atoms with Crippen LogP contribution in [0.5, 0.6) is 0 Å². The van der Waals surface area contributed by atoms with Crippen LogP contribution in [-0.4, -0.2) is 67.3 Å². The predicted molar refractivity (Wildman–Crippen MR) is 116 cm³/mol. The van der Waals surface area contributed by atoms with Gasteiger partial charge < -0.3 is 15.2 Å². The molecule has 0 unspecified atom stereocenters. The Morgan fingerprint density at radius 2 is 2.04 bits per heavy atom. The van der Waals surface area contributed by atoms with Crippen LogP contribution in [0.15, 0.2) is 9.52 Å². The molecule has 1 fully saturated rings. The summed E-state index contributed by atoms with van der Waals surface area (Å²) in [5.74, 6) is 2.43. The van der Waals surface area contributed by atoms with Crippen molar-refractivity contribution >= 4 is 40.0 Å². The fourth-order valence-electron chi connectivity index (χ4n) is 2.74. The summed E-state index contributed by atoms with van der Waals surface area (Å²) in [5, 5.41) is 10.5. The van der Waals surface area contributed by atoms with Crippen molar-refractivity contribution in [1.29, 1.82) is 0 Å². The summed E-state index contributed by atoms with van der Waals surface area (Å²) in [6.07, 6.45) is 2.15. The van der Waals surface area contributed by atoms with Gasteiger partial charge in [0.2, 0.25) is 15.9 Å². The van der Waals surface area contributed by atoms with Crippen molar-refractivity contribution in [3.05, 3.63) is 11.7 Å². The Labute approximate surface area is 178 Å². The first-order chi connectivity index (χ1) is 12.4. The second-order valence-electron chi connectivity index (χ2n) is 6.67. The Balaban J connectivity index is 0.00000364. The van der Waals surface area contributed by atoms with E-state index < -0.39 is 10.0 Å². The number of piperidine rings is 1. The van der Waals surface area contributed by atoms with E-state index >= 15 is 0 Å². The molecule has 9 nitrogen and oxygen atoms in total. The van der Waals surface area contributed by atoms with E-state index in [1.807, 2.05) is 13.8 Å². The Hall–Kier alpha value is -0.950. The van der Waals surface area contributed by atoms with E-state index in [1.54, 1.807) is 18.3 Å². The number of sulfonamides is 1. The summed E-state index contributed by atoms with van der Waals surface area (Å²) in [4.78, 5) is 8.57. The van der Waals surface area contributed by atoms with Gasteiger partial charge in [-0.05, 0) is 19.8 Å². The van der Waals surface area contributed by atoms with E-state index in [0.29, 0.717) is 37.9 Å². The number of guanidine groups is 1. The standard InChI is InChI=1S/C16H30N6O3S.HI/c1-5-26(23,24)22-10-7-13(8-11-22)19-16(17-4)18-9-6-14-20-15(12(2)3)21-25-14;/h12-13H,5-11H2,1-4H3,(H2,17,18,19);1H. The zero-order chi connectivity index (χ0) is 19.2. The molecule has 0 spiro atoms. The fraction of sp³-hybridized carbons (Fsp3) is 0.812. The molecule has 2 N–H and O–H groups in total. The molecule has 2 heterocycles. The summed E-state index contributed by atoms with van der Waals surface area (Å²) in [7, 11) is -1.37. The number of hydrogen-bond donors (Lipinski definition) is 2. The molecular formula is C16H31IN6O3S. The van der Waals surface area contributed by atoms with Crippen molar-refractivity contribution in [1.82, 2.24) is 25.1 Å². The molecule has 1 aromatic rings. The summed E-state index contributed by atoms with van der Waals surface area (Å²) in [5.41, 5.74) is 0. The molecule has 0 saturated carbocycles. The van der Waals surface area contributed by atoms with Gasteiger partial charge in [0.1, 0.15) is 0 Å². The zero-order valence-corrected chi connectivity index (χ0v) is 19.6. The van der Waals surface area contributed by atoms with E-state index in [-0.39, 0.29) is 41.7 Å². The van der Waals surface area contributed by atoms with E-state index in [1.165, 1.54) is 0 Å². The Morgan fingerprint density at radius 1 is 1.37 bits per heavy atom. The number of rotatable bonds is 7. The lowest BCUT2D eigenvalue weighted by atomic mass is 10.1. The highest BCUT2D eigenvalue weighted by Crippen LogP contribution is 2.14. The third-order valence-corrected chi connectivity index (χ3v) is 6.29. The van der Waals surface area contributed by atoms with Crippen LogP contribution in [0.25, 0.3) is 0 Å². The minimum absolute atomic E-state index is 0. The van der Waals surface area contributed by atoms with Gasteiger partial charge in [0.05, 0.1) is 5.75 Å². The number of nitrogens with zero attached hydrogens (tertiary/aromatic N) is 4. The Bertz CT molecular complexity index is 699. The lowest BCUT2D eigenvalue weighted by Gasteiger charge is -2.32. The Morgan fingerprint density at radius 3 is 2.56 bits per heavy atom. The van der Waals surface area contributed by atoms with Gasteiger partial charge in [-0.3, -0.25) is 4.99 Å². The quantitative estimate of drug-likeness (QED) is 0.321. The lowest BCUT2D eigenvalue weighted by Crippen LogP contribution is -2.50. The summed E-state index contributed by atoms with van der Waals surface area (Å²) >= 11 is 0. The molecule has 0 amide bonds. The molecule has 0 radical (unpaired) electrons. The minimum atomic E-state index is -3.09. The van der Waals surface area contributed by atoms with Gasteiger partial charge >= 0.3 is 0 Å². The summed E-state index contributed by atoms with van der Waals surface area (Å²) in [6, 6.07) is 0.209. The van der Waals surface area contributed by atoms with Crippen LogP contribution >= 0.6 is 24.0 Å². The van der Waals surface area contributed by atoms with E-state index in [0.717, 1.165) is 18.7 Å². The monoisotopic (exact) mass is 514 g/mol. The molecule has 1 aliphatic rings. The van der Waals surface area contributed by atoms with Crippen LogP contribution in [0, 0.1) is 0 Å². The highest BCUT2D eigenvalue weighted by Gasteiger charge is 2.26.